The smallest absolute Gasteiger partial charge is 0.262 e. The standard InChI is InChI=1S/C18H13BrNO3/c1-11-15(8-9-21)16-10-14(22)6-7-17(16)20(11)18(23)12-2-4-13(19)5-3-12/h2-7,10,22H,8H2,1H3. The van der Waals surface area contributed by atoms with Crippen LogP contribution in [0.3, 0.4) is 0 Å². The van der Waals surface area contributed by atoms with Gasteiger partial charge in [-0.1, -0.05) is 15.9 Å². The van der Waals surface area contributed by atoms with E-state index in [1.165, 1.54) is 6.07 Å². The van der Waals surface area contributed by atoms with Gasteiger partial charge in [0.1, 0.15) is 5.75 Å². The van der Waals surface area contributed by atoms with Crippen molar-refractivity contribution in [1.82, 2.24) is 4.57 Å². The van der Waals surface area contributed by atoms with Crippen LogP contribution in [0.25, 0.3) is 10.9 Å². The first-order valence-electron chi connectivity index (χ1n) is 7.01. The summed E-state index contributed by atoms with van der Waals surface area (Å²) in [6.07, 6.45) is 1.95. The molecule has 0 spiro atoms. The second-order valence-corrected chi connectivity index (χ2v) is 6.15. The molecular weight excluding hydrogens is 358 g/mol. The molecule has 1 N–H and O–H groups in total. The van der Waals surface area contributed by atoms with E-state index in [4.69, 9.17) is 0 Å². The van der Waals surface area contributed by atoms with E-state index in [1.807, 2.05) is 6.29 Å². The molecule has 0 atom stereocenters. The van der Waals surface area contributed by atoms with Gasteiger partial charge < -0.3 is 5.11 Å². The van der Waals surface area contributed by atoms with Crippen molar-refractivity contribution < 1.29 is 14.7 Å². The van der Waals surface area contributed by atoms with Crippen molar-refractivity contribution in [2.45, 2.75) is 13.3 Å². The Morgan fingerprint density at radius 1 is 1.22 bits per heavy atom. The monoisotopic (exact) mass is 370 g/mol. The van der Waals surface area contributed by atoms with E-state index >= 15 is 0 Å². The zero-order chi connectivity index (χ0) is 16.6. The Morgan fingerprint density at radius 3 is 2.57 bits per heavy atom. The average molecular weight is 371 g/mol. The lowest BCUT2D eigenvalue weighted by molar-refractivity contribution is 0.0963. The fourth-order valence-corrected chi connectivity index (χ4v) is 3.01. The summed E-state index contributed by atoms with van der Waals surface area (Å²) in [7, 11) is 0. The maximum atomic E-state index is 12.9. The Hall–Kier alpha value is -2.40. The van der Waals surface area contributed by atoms with E-state index in [0.717, 1.165) is 4.47 Å². The third kappa shape index (κ3) is 2.68. The van der Waals surface area contributed by atoms with E-state index < -0.39 is 0 Å². The molecule has 1 aromatic heterocycles. The number of aromatic nitrogens is 1. The average Bonchev–Trinajstić information content (AvgIpc) is 2.80. The van der Waals surface area contributed by atoms with E-state index in [0.29, 0.717) is 27.7 Å². The number of rotatable bonds is 3. The minimum absolute atomic E-state index is 0.0758. The number of phenols is 1. The molecule has 0 aliphatic heterocycles. The second-order valence-electron chi connectivity index (χ2n) is 5.23. The Balaban J connectivity index is 2.24. The second kappa shape index (κ2) is 6.01. The highest BCUT2D eigenvalue weighted by molar-refractivity contribution is 9.10. The lowest BCUT2D eigenvalue weighted by Gasteiger charge is -2.07. The lowest BCUT2D eigenvalue weighted by atomic mass is 10.1. The highest BCUT2D eigenvalue weighted by Crippen LogP contribution is 2.30. The van der Waals surface area contributed by atoms with Crippen LogP contribution < -0.4 is 0 Å². The van der Waals surface area contributed by atoms with Gasteiger partial charge in [0.15, 0.2) is 0 Å². The van der Waals surface area contributed by atoms with Gasteiger partial charge in [0, 0.05) is 27.5 Å². The molecule has 0 aliphatic carbocycles. The molecular formula is C18H13BrNO3. The minimum atomic E-state index is -0.178. The van der Waals surface area contributed by atoms with E-state index in [-0.39, 0.29) is 18.1 Å². The molecule has 0 unspecified atom stereocenters. The summed E-state index contributed by atoms with van der Waals surface area (Å²) >= 11 is 3.35. The number of aromatic hydroxyl groups is 1. The molecule has 0 saturated heterocycles. The highest BCUT2D eigenvalue weighted by atomic mass is 79.9. The molecule has 4 nitrogen and oxygen atoms in total. The first-order chi connectivity index (χ1) is 11.0. The third-order valence-electron chi connectivity index (χ3n) is 3.86. The number of nitrogens with zero attached hydrogens (tertiary/aromatic N) is 1. The number of phenolic OH excluding ortho intramolecular Hbond substituents is 1. The van der Waals surface area contributed by atoms with Crippen LogP contribution in [0.5, 0.6) is 5.75 Å². The normalized spacial score (nSPS) is 10.9. The quantitative estimate of drug-likeness (QED) is 0.763. The van der Waals surface area contributed by atoms with Gasteiger partial charge in [-0.2, -0.15) is 0 Å². The van der Waals surface area contributed by atoms with Gasteiger partial charge in [0.25, 0.3) is 5.91 Å². The Labute approximate surface area is 141 Å². The van der Waals surface area contributed by atoms with Crippen LogP contribution in [0.15, 0.2) is 46.9 Å². The van der Waals surface area contributed by atoms with E-state index in [2.05, 4.69) is 15.9 Å². The number of carbonyl (C=O) groups is 1. The Morgan fingerprint density at radius 2 is 1.91 bits per heavy atom. The van der Waals surface area contributed by atoms with Gasteiger partial charge in [-0.3, -0.25) is 14.2 Å². The molecule has 0 fully saturated rings. The van der Waals surface area contributed by atoms with Crippen molar-refractivity contribution in [1.29, 1.82) is 0 Å². The number of fused-ring (bicyclic) bond motifs is 1. The Bertz CT molecular complexity index is 910. The lowest BCUT2D eigenvalue weighted by Crippen LogP contribution is -2.13. The maximum absolute atomic E-state index is 12.9. The third-order valence-corrected chi connectivity index (χ3v) is 4.39. The summed E-state index contributed by atoms with van der Waals surface area (Å²) in [5, 5.41) is 10.4. The van der Waals surface area contributed by atoms with E-state index in [1.54, 1.807) is 47.9 Å². The van der Waals surface area contributed by atoms with Gasteiger partial charge >= 0.3 is 0 Å². The molecule has 3 aromatic rings. The van der Waals surface area contributed by atoms with Crippen molar-refractivity contribution in [3.8, 4) is 5.75 Å². The zero-order valence-electron chi connectivity index (χ0n) is 12.3. The molecule has 5 heteroatoms. The molecule has 115 valence electrons. The number of halogens is 1. The molecule has 1 heterocycles. The first-order valence-corrected chi connectivity index (χ1v) is 7.80. The number of hydrogen-bond donors (Lipinski definition) is 1. The van der Waals surface area contributed by atoms with Crippen molar-refractivity contribution in [2.75, 3.05) is 0 Å². The van der Waals surface area contributed by atoms with Crippen LogP contribution in [-0.4, -0.2) is 21.9 Å². The molecule has 0 saturated carbocycles. The summed E-state index contributed by atoms with van der Waals surface area (Å²) in [6, 6.07) is 11.9. The fraction of sp³-hybridized carbons (Fsp3) is 0.111. The van der Waals surface area contributed by atoms with Gasteiger partial charge in [-0.15, -0.1) is 0 Å². The highest BCUT2D eigenvalue weighted by Gasteiger charge is 2.20. The number of benzene rings is 2. The Kier molecular flexibility index (Phi) is 4.05. The summed E-state index contributed by atoms with van der Waals surface area (Å²) in [5.41, 5.74) is 2.60. The van der Waals surface area contributed by atoms with Crippen LogP contribution in [0.2, 0.25) is 0 Å². The predicted octanol–water partition coefficient (Wildman–Crippen LogP) is 3.76. The molecule has 3 rings (SSSR count). The summed E-state index contributed by atoms with van der Waals surface area (Å²) < 4.78 is 2.47. The van der Waals surface area contributed by atoms with Crippen molar-refractivity contribution >= 4 is 39.0 Å². The predicted molar refractivity (Wildman–Crippen MR) is 91.6 cm³/mol. The summed E-state index contributed by atoms with van der Waals surface area (Å²) in [6.45, 7) is 1.79. The molecule has 0 aliphatic rings. The van der Waals surface area contributed by atoms with Crippen LogP contribution in [0.1, 0.15) is 21.6 Å². The van der Waals surface area contributed by atoms with Crippen molar-refractivity contribution in [3.05, 3.63) is 63.8 Å². The summed E-state index contributed by atoms with van der Waals surface area (Å²) in [4.78, 5) is 23.7. The zero-order valence-corrected chi connectivity index (χ0v) is 13.9. The maximum Gasteiger partial charge on any atom is 0.262 e. The molecule has 0 amide bonds. The van der Waals surface area contributed by atoms with Crippen molar-refractivity contribution in [3.63, 3.8) is 0 Å². The fourth-order valence-electron chi connectivity index (χ4n) is 2.75. The van der Waals surface area contributed by atoms with Gasteiger partial charge in [0.05, 0.1) is 5.52 Å². The topological polar surface area (TPSA) is 59.3 Å². The molecule has 0 bridgehead atoms. The van der Waals surface area contributed by atoms with Gasteiger partial charge in [0.2, 0.25) is 6.29 Å². The van der Waals surface area contributed by atoms with Crippen LogP contribution in [0, 0.1) is 6.92 Å². The van der Waals surface area contributed by atoms with Crippen LogP contribution in [-0.2, 0) is 11.2 Å². The number of carbonyl (C=O) groups excluding carboxylic acids is 2. The van der Waals surface area contributed by atoms with Gasteiger partial charge in [-0.25, -0.2) is 0 Å². The van der Waals surface area contributed by atoms with Crippen molar-refractivity contribution in [2.24, 2.45) is 0 Å². The van der Waals surface area contributed by atoms with E-state index in [9.17, 15) is 14.7 Å². The minimum Gasteiger partial charge on any atom is -0.508 e. The van der Waals surface area contributed by atoms with Gasteiger partial charge in [-0.05, 0) is 55.0 Å². The molecule has 23 heavy (non-hydrogen) atoms. The molecule has 2 aromatic carbocycles. The number of hydrogen-bond acceptors (Lipinski definition) is 3. The first kappa shape index (κ1) is 15.5. The van der Waals surface area contributed by atoms with Crippen LogP contribution in [0.4, 0.5) is 0 Å². The summed E-state index contributed by atoms with van der Waals surface area (Å²) in [5.74, 6) is -0.0827. The largest absolute Gasteiger partial charge is 0.508 e. The SMILES string of the molecule is Cc1c(C[C]=O)c2cc(O)ccc2n1C(=O)c1ccc(Br)cc1. The molecule has 1 radical (unpaired) electrons. The van der Waals surface area contributed by atoms with Crippen LogP contribution >= 0.6 is 15.9 Å².